The highest BCUT2D eigenvalue weighted by molar-refractivity contribution is 7.91. The number of halogens is 1. The van der Waals surface area contributed by atoms with E-state index in [2.05, 4.69) is 9.38 Å². The Bertz CT molecular complexity index is 401. The fraction of sp³-hybridized carbons (Fsp3) is 0.455. The monoisotopic (exact) mass is 258 g/mol. The Labute approximate surface area is 104 Å². The lowest BCUT2D eigenvalue weighted by atomic mass is 10.3. The zero-order valence-electron chi connectivity index (χ0n) is 9.82. The number of pyridine rings is 1. The van der Waals surface area contributed by atoms with Crippen molar-refractivity contribution in [3.63, 3.8) is 0 Å². The summed E-state index contributed by atoms with van der Waals surface area (Å²) in [5, 5.41) is 0.637. The summed E-state index contributed by atoms with van der Waals surface area (Å²) < 4.78 is 15.2. The zero-order valence-corrected chi connectivity index (χ0v) is 11.4. The molecule has 0 N–H and O–H groups in total. The van der Waals surface area contributed by atoms with Gasteiger partial charge in [-0.05, 0) is 39.3 Å². The van der Waals surface area contributed by atoms with Gasteiger partial charge in [-0.2, -0.15) is 0 Å². The van der Waals surface area contributed by atoms with E-state index < -0.39 is 11.4 Å². The minimum Gasteiger partial charge on any atom is -0.591 e. The van der Waals surface area contributed by atoms with Crippen LogP contribution in [-0.2, 0) is 11.4 Å². The maximum atomic E-state index is 11.6. The van der Waals surface area contributed by atoms with Gasteiger partial charge in [0.2, 0.25) is 0 Å². The minimum absolute atomic E-state index is 0.356. The molecule has 0 amide bonds. The Kier molecular flexibility index (Phi) is 4.35. The molecule has 0 spiro atoms. The summed E-state index contributed by atoms with van der Waals surface area (Å²) in [4.78, 5) is 4.12. The lowest BCUT2D eigenvalue weighted by molar-refractivity contribution is 0.562. The summed E-state index contributed by atoms with van der Waals surface area (Å²) in [6.45, 7) is 7.49. The first kappa shape index (κ1) is 13.5. The first-order valence-electron chi connectivity index (χ1n) is 4.89. The summed E-state index contributed by atoms with van der Waals surface area (Å²) in [7, 11) is 0. The van der Waals surface area contributed by atoms with Crippen molar-refractivity contribution in [3.05, 3.63) is 28.5 Å². The van der Waals surface area contributed by atoms with Gasteiger partial charge in [-0.1, -0.05) is 16.0 Å². The lowest BCUT2D eigenvalue weighted by Gasteiger charge is -2.17. The van der Waals surface area contributed by atoms with E-state index in [0.29, 0.717) is 10.7 Å². The number of rotatable bonds is 2. The van der Waals surface area contributed by atoms with Crippen LogP contribution in [0, 0.1) is 6.92 Å². The molecule has 1 aromatic rings. The number of hydrogen-bond donors (Lipinski definition) is 0. The molecule has 88 valence electrons. The third kappa shape index (κ3) is 3.77. The van der Waals surface area contributed by atoms with Crippen LogP contribution in [0.5, 0.6) is 0 Å². The molecule has 16 heavy (non-hydrogen) atoms. The third-order valence-corrected chi connectivity index (χ3v) is 3.61. The smallest absolute Gasteiger partial charge is 0.144 e. The average molecular weight is 259 g/mol. The van der Waals surface area contributed by atoms with Crippen molar-refractivity contribution in [1.29, 1.82) is 0 Å². The quantitative estimate of drug-likeness (QED) is 0.605. The first-order valence-corrected chi connectivity index (χ1v) is 6.37. The van der Waals surface area contributed by atoms with Crippen molar-refractivity contribution >= 4 is 29.2 Å². The summed E-state index contributed by atoms with van der Waals surface area (Å²) >= 11 is 4.68. The van der Waals surface area contributed by atoms with Gasteiger partial charge in [0.25, 0.3) is 0 Å². The average Bonchev–Trinajstić information content (AvgIpc) is 2.18. The van der Waals surface area contributed by atoms with Crippen molar-refractivity contribution in [3.8, 4) is 0 Å². The van der Waals surface area contributed by atoms with Crippen molar-refractivity contribution < 1.29 is 4.55 Å². The molecule has 3 nitrogen and oxygen atoms in total. The second-order valence-corrected chi connectivity index (χ2v) is 6.80. The third-order valence-electron chi connectivity index (χ3n) is 1.86. The molecule has 0 saturated carbocycles. The van der Waals surface area contributed by atoms with Crippen LogP contribution in [0.1, 0.15) is 32.0 Å². The number of aromatic nitrogens is 1. The molecule has 5 heteroatoms. The maximum absolute atomic E-state index is 11.6. The van der Waals surface area contributed by atoms with E-state index >= 15 is 0 Å². The molecule has 1 aromatic heterocycles. The highest BCUT2D eigenvalue weighted by Gasteiger charge is 2.25. The van der Waals surface area contributed by atoms with Gasteiger partial charge in [0, 0.05) is 11.2 Å². The Morgan fingerprint density at radius 3 is 2.62 bits per heavy atom. The fourth-order valence-electron chi connectivity index (χ4n) is 0.845. The molecule has 0 aromatic carbocycles. The van der Waals surface area contributed by atoms with Crippen LogP contribution in [-0.4, -0.2) is 20.5 Å². The molecule has 0 fully saturated rings. The topological polar surface area (TPSA) is 48.3 Å². The zero-order chi connectivity index (χ0) is 12.3. The molecular weight excluding hydrogens is 244 g/mol. The van der Waals surface area contributed by atoms with Gasteiger partial charge in [-0.25, -0.2) is 0 Å². The van der Waals surface area contributed by atoms with Gasteiger partial charge in [0.1, 0.15) is 22.3 Å². The van der Waals surface area contributed by atoms with Crippen LogP contribution in [0.3, 0.4) is 0 Å². The van der Waals surface area contributed by atoms with E-state index in [1.54, 1.807) is 12.3 Å². The molecule has 0 saturated heterocycles. The van der Waals surface area contributed by atoms with Gasteiger partial charge < -0.3 is 4.55 Å². The van der Waals surface area contributed by atoms with Crippen LogP contribution in [0.4, 0.5) is 0 Å². The molecule has 1 atom stereocenters. The molecule has 0 bridgehead atoms. The molecule has 1 heterocycles. The number of hydrogen-bond acceptors (Lipinski definition) is 3. The molecule has 1 rings (SSSR count). The number of aryl methyl sites for hydroxylation is 1. The highest BCUT2D eigenvalue weighted by Crippen LogP contribution is 2.17. The predicted octanol–water partition coefficient (Wildman–Crippen LogP) is 2.92. The second kappa shape index (κ2) is 5.17. The van der Waals surface area contributed by atoms with Crippen molar-refractivity contribution in [2.45, 2.75) is 32.4 Å². The standard InChI is InChI=1S/C11H15ClN2OS/c1-8-6-13-9(5-10(8)12)7-14-16(15)11(2,3)4/h5-7H,1-4H3/b14-7+. The summed E-state index contributed by atoms with van der Waals surface area (Å²) in [5.74, 6) is 0. The lowest BCUT2D eigenvalue weighted by Crippen LogP contribution is -2.25. The van der Waals surface area contributed by atoms with E-state index in [-0.39, 0.29) is 4.75 Å². The predicted molar refractivity (Wildman–Crippen MR) is 69.5 cm³/mol. The van der Waals surface area contributed by atoms with Crippen LogP contribution >= 0.6 is 11.6 Å². The number of nitrogens with zero attached hydrogens (tertiary/aromatic N) is 2. The Morgan fingerprint density at radius 1 is 1.50 bits per heavy atom. The van der Waals surface area contributed by atoms with Crippen molar-refractivity contribution in [1.82, 2.24) is 4.98 Å². The van der Waals surface area contributed by atoms with Gasteiger partial charge in [0.15, 0.2) is 0 Å². The maximum Gasteiger partial charge on any atom is 0.144 e. The van der Waals surface area contributed by atoms with Gasteiger partial charge >= 0.3 is 0 Å². The minimum atomic E-state index is -1.26. The van der Waals surface area contributed by atoms with Gasteiger partial charge in [-0.15, -0.1) is 0 Å². The van der Waals surface area contributed by atoms with E-state index in [1.807, 2.05) is 27.7 Å². The second-order valence-electron chi connectivity index (χ2n) is 4.45. The molecule has 0 aliphatic carbocycles. The van der Waals surface area contributed by atoms with Crippen LogP contribution in [0.15, 0.2) is 16.7 Å². The molecular formula is C11H15ClN2OS. The van der Waals surface area contributed by atoms with Gasteiger partial charge in [0.05, 0.1) is 5.69 Å². The largest absolute Gasteiger partial charge is 0.591 e. The van der Waals surface area contributed by atoms with Crippen LogP contribution in [0.2, 0.25) is 5.02 Å². The molecule has 0 aliphatic rings. The van der Waals surface area contributed by atoms with E-state index in [4.69, 9.17) is 11.6 Å². The Morgan fingerprint density at radius 2 is 2.12 bits per heavy atom. The normalized spacial score (nSPS) is 14.4. The van der Waals surface area contributed by atoms with Gasteiger partial charge in [-0.3, -0.25) is 4.98 Å². The van der Waals surface area contributed by atoms with Crippen LogP contribution < -0.4 is 0 Å². The van der Waals surface area contributed by atoms with E-state index in [1.165, 1.54) is 6.21 Å². The van der Waals surface area contributed by atoms with E-state index in [0.717, 1.165) is 5.56 Å². The SMILES string of the molecule is Cc1cnc(/C=N/[S+]([O-])C(C)(C)C)cc1Cl. The highest BCUT2D eigenvalue weighted by atomic mass is 35.5. The van der Waals surface area contributed by atoms with Crippen molar-refractivity contribution in [2.75, 3.05) is 0 Å². The molecule has 0 aliphatic heterocycles. The summed E-state index contributed by atoms with van der Waals surface area (Å²) in [6.07, 6.45) is 3.16. The first-order chi connectivity index (χ1) is 7.30. The molecule has 1 unspecified atom stereocenters. The van der Waals surface area contributed by atoms with Crippen molar-refractivity contribution in [2.24, 2.45) is 4.40 Å². The summed E-state index contributed by atoms with van der Waals surface area (Å²) in [5.41, 5.74) is 1.53. The Balaban J connectivity index is 2.81. The Hall–Kier alpha value is -0.580. The fourth-order valence-corrected chi connectivity index (χ4v) is 1.53. The molecule has 0 radical (unpaired) electrons. The van der Waals surface area contributed by atoms with E-state index in [9.17, 15) is 4.55 Å². The summed E-state index contributed by atoms with van der Waals surface area (Å²) in [6, 6.07) is 1.71. The van der Waals surface area contributed by atoms with Crippen LogP contribution in [0.25, 0.3) is 0 Å².